The Morgan fingerprint density at radius 1 is 1.14 bits per heavy atom. The molecule has 0 aliphatic carbocycles. The highest BCUT2D eigenvalue weighted by atomic mass is 19.4. The fourth-order valence-electron chi connectivity index (χ4n) is 5.33. The van der Waals surface area contributed by atoms with Crippen LogP contribution in [0.5, 0.6) is 5.75 Å². The lowest BCUT2D eigenvalue weighted by atomic mass is 9.73. The number of carbonyl (C=O) groups is 2. The van der Waals surface area contributed by atoms with Gasteiger partial charge in [-0.15, -0.1) is 0 Å². The number of aromatic nitrogens is 2. The molecule has 1 aromatic heterocycles. The number of rotatable bonds is 2. The van der Waals surface area contributed by atoms with Crippen LogP contribution in [0.2, 0.25) is 0 Å². The Labute approximate surface area is 209 Å². The first-order valence-corrected chi connectivity index (χ1v) is 12.4. The molecule has 10 heteroatoms. The molecule has 2 aliphatic heterocycles. The van der Waals surface area contributed by atoms with Crippen LogP contribution in [-0.2, 0) is 28.7 Å². The second-order valence-electron chi connectivity index (χ2n) is 10.0. The summed E-state index contributed by atoms with van der Waals surface area (Å²) in [7, 11) is 1.80. The summed E-state index contributed by atoms with van der Waals surface area (Å²) in [6.07, 6.45) is 1.31. The summed E-state index contributed by atoms with van der Waals surface area (Å²) in [6.45, 7) is 3.13. The molecule has 0 bridgehead atoms. The molecule has 1 spiro atoms. The van der Waals surface area contributed by atoms with Crippen LogP contribution in [0.4, 0.5) is 13.2 Å². The number of fused-ring (bicyclic) bond motifs is 1. The molecule has 1 saturated heterocycles. The number of likely N-dealkylation sites (tertiary alicyclic amines) is 1. The Kier molecular flexibility index (Phi) is 7.61. The molecule has 2 aromatic rings. The molecule has 7 nitrogen and oxygen atoms in total. The third-order valence-electron chi connectivity index (χ3n) is 7.38. The van der Waals surface area contributed by atoms with Crippen molar-refractivity contribution < 1.29 is 27.5 Å². The van der Waals surface area contributed by atoms with Gasteiger partial charge in [0.25, 0.3) is 5.91 Å². The Balaban J connectivity index is 1.41. The lowest BCUT2D eigenvalue weighted by molar-refractivity contribution is -0.142. The Bertz CT molecular complexity index is 1080. The summed E-state index contributed by atoms with van der Waals surface area (Å²) in [5.41, 5.74) is -0.0220. The quantitative estimate of drug-likeness (QED) is 0.614. The summed E-state index contributed by atoms with van der Waals surface area (Å²) in [5.74, 6) is 0.425. The summed E-state index contributed by atoms with van der Waals surface area (Å²) in [4.78, 5) is 29.3. The van der Waals surface area contributed by atoms with E-state index in [1.54, 1.807) is 23.8 Å². The number of likely N-dealkylation sites (N-methyl/N-ethyl adjacent to an activating group) is 1. The van der Waals surface area contributed by atoms with Crippen molar-refractivity contribution in [3.8, 4) is 5.75 Å². The van der Waals surface area contributed by atoms with Crippen molar-refractivity contribution in [1.82, 2.24) is 19.6 Å². The van der Waals surface area contributed by atoms with Crippen molar-refractivity contribution in [2.75, 3.05) is 26.7 Å². The van der Waals surface area contributed by atoms with E-state index in [4.69, 9.17) is 4.74 Å². The molecule has 3 heterocycles. The van der Waals surface area contributed by atoms with Crippen LogP contribution in [0.25, 0.3) is 0 Å². The minimum atomic E-state index is -4.53. The highest BCUT2D eigenvalue weighted by Gasteiger charge is 2.39. The van der Waals surface area contributed by atoms with Gasteiger partial charge in [-0.1, -0.05) is 24.6 Å². The van der Waals surface area contributed by atoms with E-state index in [0.29, 0.717) is 19.6 Å². The maximum absolute atomic E-state index is 13.1. The van der Waals surface area contributed by atoms with E-state index in [1.165, 1.54) is 6.20 Å². The van der Waals surface area contributed by atoms with Crippen molar-refractivity contribution in [2.45, 2.75) is 64.3 Å². The third-order valence-corrected chi connectivity index (χ3v) is 7.38. The molecular weight excluding hydrogens is 473 g/mol. The molecule has 2 amide bonds. The average molecular weight is 507 g/mol. The Morgan fingerprint density at radius 2 is 1.86 bits per heavy atom. The van der Waals surface area contributed by atoms with Gasteiger partial charge < -0.3 is 14.5 Å². The van der Waals surface area contributed by atoms with Gasteiger partial charge in [-0.2, -0.15) is 18.3 Å². The number of hydrogen-bond acceptors (Lipinski definition) is 4. The van der Waals surface area contributed by atoms with Gasteiger partial charge in [0.2, 0.25) is 5.91 Å². The zero-order valence-corrected chi connectivity index (χ0v) is 20.8. The van der Waals surface area contributed by atoms with Gasteiger partial charge in [-0.25, -0.2) is 0 Å². The van der Waals surface area contributed by atoms with Gasteiger partial charge in [0.05, 0.1) is 0 Å². The van der Waals surface area contributed by atoms with Gasteiger partial charge >= 0.3 is 6.18 Å². The van der Waals surface area contributed by atoms with E-state index in [1.807, 2.05) is 24.3 Å². The molecule has 0 unspecified atom stereocenters. The first-order chi connectivity index (χ1) is 17.1. The SMILES string of the molecule is C[C@H]1Oc2ccccc2CCCCC2(CCN(C(=O)Cn3ccc(C(F)(F)F)n3)CC2)CN(C)C1=O. The first-order valence-electron chi connectivity index (χ1n) is 12.4. The van der Waals surface area contributed by atoms with E-state index >= 15 is 0 Å². The highest BCUT2D eigenvalue weighted by Crippen LogP contribution is 2.38. The molecule has 196 valence electrons. The number of aryl methyl sites for hydroxylation is 1. The first kappa shape index (κ1) is 26.0. The summed E-state index contributed by atoms with van der Waals surface area (Å²) >= 11 is 0. The number of ether oxygens (including phenoxy) is 1. The van der Waals surface area contributed by atoms with Crippen LogP contribution in [0.3, 0.4) is 0 Å². The van der Waals surface area contributed by atoms with Gasteiger partial charge in [-0.05, 0) is 62.1 Å². The lowest BCUT2D eigenvalue weighted by Gasteiger charge is -2.44. The number of benzene rings is 1. The normalized spacial score (nSPS) is 21.4. The number of alkyl halides is 3. The highest BCUT2D eigenvalue weighted by molar-refractivity contribution is 5.80. The van der Waals surface area contributed by atoms with Crippen molar-refractivity contribution >= 4 is 11.8 Å². The van der Waals surface area contributed by atoms with E-state index in [2.05, 4.69) is 5.10 Å². The molecule has 1 atom stereocenters. The molecule has 0 radical (unpaired) electrons. The second kappa shape index (κ2) is 10.5. The number of carbonyl (C=O) groups excluding carboxylic acids is 2. The summed E-state index contributed by atoms with van der Waals surface area (Å²) in [5, 5.41) is 3.49. The van der Waals surface area contributed by atoms with Gasteiger partial charge in [0, 0.05) is 32.9 Å². The lowest BCUT2D eigenvalue weighted by Crippen LogP contribution is -2.50. The molecule has 0 saturated carbocycles. The number of nitrogens with zero attached hydrogens (tertiary/aromatic N) is 4. The van der Waals surface area contributed by atoms with Crippen LogP contribution in [-0.4, -0.2) is 64.2 Å². The van der Waals surface area contributed by atoms with Gasteiger partial charge in [0.1, 0.15) is 12.3 Å². The van der Waals surface area contributed by atoms with Crippen molar-refractivity contribution in [3.63, 3.8) is 0 Å². The summed E-state index contributed by atoms with van der Waals surface area (Å²) in [6, 6.07) is 8.72. The number of para-hydroxylation sites is 1. The van der Waals surface area contributed by atoms with Gasteiger partial charge in [0.15, 0.2) is 11.8 Å². The van der Waals surface area contributed by atoms with Crippen LogP contribution in [0, 0.1) is 5.41 Å². The predicted octanol–water partition coefficient (Wildman–Crippen LogP) is 4.16. The van der Waals surface area contributed by atoms with Crippen molar-refractivity contribution in [2.24, 2.45) is 5.41 Å². The van der Waals surface area contributed by atoms with E-state index in [9.17, 15) is 22.8 Å². The third kappa shape index (κ3) is 6.02. The molecular formula is C26H33F3N4O3. The Hall–Kier alpha value is -3.04. The second-order valence-corrected chi connectivity index (χ2v) is 10.0. The molecule has 1 aromatic carbocycles. The minimum absolute atomic E-state index is 0.0811. The smallest absolute Gasteiger partial charge is 0.435 e. The topological polar surface area (TPSA) is 67.7 Å². The van der Waals surface area contributed by atoms with Crippen LogP contribution in [0.15, 0.2) is 36.5 Å². The van der Waals surface area contributed by atoms with Crippen LogP contribution in [0.1, 0.15) is 50.3 Å². The summed E-state index contributed by atoms with van der Waals surface area (Å²) < 4.78 is 45.5. The van der Waals surface area contributed by atoms with Gasteiger partial charge in [-0.3, -0.25) is 14.3 Å². The number of amides is 2. The Morgan fingerprint density at radius 3 is 2.56 bits per heavy atom. The molecule has 2 aliphatic rings. The standard InChI is InChI=1S/C26H33F3N4O3/c1-19-24(35)31(2)18-25(11-6-5-8-20-7-3-4-9-21(20)36-19)12-15-32(16-13-25)23(34)17-33-14-10-22(30-33)26(27,28)29/h3-4,7,9-10,14,19H,5-6,8,11-13,15-18H2,1-2H3/t19-/m1/s1. The van der Waals surface area contributed by atoms with Crippen LogP contribution < -0.4 is 4.74 Å². The van der Waals surface area contributed by atoms with Crippen molar-refractivity contribution in [1.29, 1.82) is 0 Å². The predicted molar refractivity (Wildman–Crippen MR) is 127 cm³/mol. The fraction of sp³-hybridized carbons (Fsp3) is 0.577. The molecule has 36 heavy (non-hydrogen) atoms. The molecule has 1 fully saturated rings. The maximum atomic E-state index is 13.1. The monoisotopic (exact) mass is 506 g/mol. The van der Waals surface area contributed by atoms with E-state index in [0.717, 1.165) is 60.6 Å². The van der Waals surface area contributed by atoms with Crippen LogP contribution >= 0.6 is 0 Å². The fourth-order valence-corrected chi connectivity index (χ4v) is 5.33. The maximum Gasteiger partial charge on any atom is 0.435 e. The largest absolute Gasteiger partial charge is 0.481 e. The zero-order valence-electron chi connectivity index (χ0n) is 20.8. The number of halogens is 3. The zero-order chi connectivity index (χ0) is 25.9. The van der Waals surface area contributed by atoms with E-state index in [-0.39, 0.29) is 23.8 Å². The number of hydrogen-bond donors (Lipinski definition) is 0. The minimum Gasteiger partial charge on any atom is -0.481 e. The van der Waals surface area contributed by atoms with E-state index < -0.39 is 18.0 Å². The van der Waals surface area contributed by atoms with Crippen molar-refractivity contribution in [3.05, 3.63) is 47.8 Å². The number of piperidine rings is 1. The molecule has 4 rings (SSSR count). The molecule has 0 N–H and O–H groups in total. The average Bonchev–Trinajstić information content (AvgIpc) is 3.31.